The molecule has 0 bridgehead atoms. The number of ether oxygens (including phenoxy) is 1. The van der Waals surface area contributed by atoms with Crippen molar-refractivity contribution >= 4 is 12.4 Å². The zero-order valence-corrected chi connectivity index (χ0v) is 14.9. The van der Waals surface area contributed by atoms with Crippen molar-refractivity contribution in [3.63, 3.8) is 0 Å². The first-order valence-corrected chi connectivity index (χ1v) is 6.54. The average Bonchev–Trinajstić information content (AvgIpc) is 2.39. The van der Waals surface area contributed by atoms with Crippen LogP contribution in [-0.2, 0) is 6.42 Å². The summed E-state index contributed by atoms with van der Waals surface area (Å²) in [4.78, 5) is 0. The minimum Gasteiger partial charge on any atom is -0.493 e. The molecule has 0 spiro atoms. The number of benzene rings is 2. The largest absolute Gasteiger partial charge is 1.00 e. The Hall–Kier alpha value is -0.269. The van der Waals surface area contributed by atoms with Crippen molar-refractivity contribution in [2.75, 3.05) is 6.61 Å². The Morgan fingerprint density at radius 1 is 1.05 bits per heavy atom. The van der Waals surface area contributed by atoms with Crippen LogP contribution < -0.4 is 61.6 Å². The summed E-state index contributed by atoms with van der Waals surface area (Å²) >= 11 is 0. The van der Waals surface area contributed by atoms with Crippen LogP contribution in [0.2, 0.25) is 0 Å². The van der Waals surface area contributed by atoms with Gasteiger partial charge in [0.25, 0.3) is 0 Å². The molecule has 0 fully saturated rings. The maximum Gasteiger partial charge on any atom is 1.00 e. The van der Waals surface area contributed by atoms with E-state index >= 15 is 0 Å². The topological polar surface area (TPSA) is 9.23 Å². The van der Waals surface area contributed by atoms with E-state index in [1.165, 1.54) is 17.2 Å². The summed E-state index contributed by atoms with van der Waals surface area (Å²) in [6.07, 6.45) is 0.930. The van der Waals surface area contributed by atoms with E-state index in [2.05, 4.69) is 6.07 Å². The summed E-state index contributed by atoms with van der Waals surface area (Å²) in [7, 11) is 0. The van der Waals surface area contributed by atoms with Crippen LogP contribution in [-0.4, -0.2) is 13.6 Å². The number of hydrogen-bond acceptors (Lipinski definition) is 1. The Balaban J connectivity index is 0.00000161. The molecule has 0 radical (unpaired) electrons. The Morgan fingerprint density at radius 2 is 1.81 bits per heavy atom. The van der Waals surface area contributed by atoms with Crippen LogP contribution in [0, 0.1) is 0 Å². The van der Waals surface area contributed by atoms with Crippen molar-refractivity contribution in [1.29, 1.82) is 0 Å². The van der Waals surface area contributed by atoms with Crippen LogP contribution in [0.25, 0.3) is 0 Å². The molecule has 0 saturated heterocycles. The van der Waals surface area contributed by atoms with Gasteiger partial charge in [0.15, 0.2) is 0 Å². The maximum atomic E-state index is 12.6. The summed E-state index contributed by atoms with van der Waals surface area (Å²) < 4.78 is 43.5. The van der Waals surface area contributed by atoms with Crippen molar-refractivity contribution in [2.45, 2.75) is 12.3 Å². The molecule has 3 rings (SSSR count). The molecule has 0 N–H and O–H groups in total. The Labute approximate surface area is 164 Å². The van der Waals surface area contributed by atoms with Gasteiger partial charge in [0.2, 0.25) is 0 Å². The second-order valence-corrected chi connectivity index (χ2v) is 5.06. The first kappa shape index (κ1) is 17.1. The molecular formula is C15H13BF3KO. The SMILES string of the molecule is F[B-](F)(F)c1cccc(OCC2Cc3ccccc32)c1.[K+]. The average molecular weight is 316 g/mol. The molecule has 1 aliphatic rings. The van der Waals surface area contributed by atoms with Crippen LogP contribution in [0.5, 0.6) is 5.75 Å². The van der Waals surface area contributed by atoms with E-state index in [1.807, 2.05) is 18.2 Å². The monoisotopic (exact) mass is 316 g/mol. The number of halogens is 3. The van der Waals surface area contributed by atoms with Gasteiger partial charge in [-0.05, 0) is 29.7 Å². The third-order valence-electron chi connectivity index (χ3n) is 3.65. The molecule has 1 atom stereocenters. The third kappa shape index (κ3) is 3.93. The second-order valence-electron chi connectivity index (χ2n) is 5.06. The predicted molar refractivity (Wildman–Crippen MR) is 73.5 cm³/mol. The van der Waals surface area contributed by atoms with Gasteiger partial charge >= 0.3 is 58.4 Å². The van der Waals surface area contributed by atoms with E-state index in [1.54, 1.807) is 6.07 Å². The molecule has 104 valence electrons. The van der Waals surface area contributed by atoms with Gasteiger partial charge in [0.1, 0.15) is 5.75 Å². The van der Waals surface area contributed by atoms with Crippen molar-refractivity contribution < 1.29 is 69.1 Å². The van der Waals surface area contributed by atoms with Gasteiger partial charge < -0.3 is 17.7 Å². The van der Waals surface area contributed by atoms with Gasteiger partial charge in [-0.25, -0.2) is 0 Å². The van der Waals surface area contributed by atoms with Crippen LogP contribution >= 0.6 is 0 Å². The Morgan fingerprint density at radius 3 is 2.52 bits per heavy atom. The zero-order chi connectivity index (χ0) is 14.2. The van der Waals surface area contributed by atoms with Crippen molar-refractivity contribution in [3.8, 4) is 5.75 Å². The Bertz CT molecular complexity index is 630. The first-order chi connectivity index (χ1) is 9.54. The number of rotatable bonds is 4. The molecule has 0 aliphatic heterocycles. The number of fused-ring (bicyclic) bond motifs is 1. The summed E-state index contributed by atoms with van der Waals surface area (Å²) in [6.45, 7) is -4.55. The third-order valence-corrected chi connectivity index (χ3v) is 3.65. The van der Waals surface area contributed by atoms with Crippen LogP contribution in [0.3, 0.4) is 0 Å². The number of hydrogen-bond donors (Lipinski definition) is 0. The first-order valence-electron chi connectivity index (χ1n) is 6.54. The minimum atomic E-state index is -4.97. The summed E-state index contributed by atoms with van der Waals surface area (Å²) in [5.41, 5.74) is 1.92. The van der Waals surface area contributed by atoms with Crippen molar-refractivity contribution in [3.05, 3.63) is 59.7 Å². The van der Waals surface area contributed by atoms with Gasteiger partial charge in [-0.1, -0.05) is 36.4 Å². The van der Waals surface area contributed by atoms with E-state index in [4.69, 9.17) is 4.74 Å². The second kappa shape index (κ2) is 6.88. The van der Waals surface area contributed by atoms with E-state index in [0.717, 1.165) is 18.6 Å². The molecule has 0 heterocycles. The molecular weight excluding hydrogens is 303 g/mol. The molecule has 0 amide bonds. The van der Waals surface area contributed by atoms with E-state index < -0.39 is 12.4 Å². The van der Waals surface area contributed by atoms with E-state index in [9.17, 15) is 12.9 Å². The molecule has 6 heteroatoms. The molecule has 1 unspecified atom stereocenters. The molecule has 21 heavy (non-hydrogen) atoms. The van der Waals surface area contributed by atoms with Crippen LogP contribution in [0.1, 0.15) is 17.0 Å². The van der Waals surface area contributed by atoms with E-state index in [0.29, 0.717) is 6.61 Å². The van der Waals surface area contributed by atoms with Gasteiger partial charge in [-0.15, -0.1) is 5.46 Å². The fourth-order valence-corrected chi connectivity index (χ4v) is 2.52. The van der Waals surface area contributed by atoms with E-state index in [-0.39, 0.29) is 63.1 Å². The zero-order valence-electron chi connectivity index (χ0n) is 11.7. The normalized spacial score (nSPS) is 16.4. The quantitative estimate of drug-likeness (QED) is 0.745. The molecule has 1 nitrogen and oxygen atoms in total. The van der Waals surface area contributed by atoms with Crippen molar-refractivity contribution in [2.24, 2.45) is 0 Å². The van der Waals surface area contributed by atoms with Crippen molar-refractivity contribution in [1.82, 2.24) is 0 Å². The summed E-state index contributed by atoms with van der Waals surface area (Å²) in [5.74, 6) is 0.567. The van der Waals surface area contributed by atoms with Gasteiger partial charge in [-0.2, -0.15) is 0 Å². The minimum absolute atomic E-state index is 0. The standard InChI is InChI=1S/C15H13BF3O.K/c17-16(18,19)13-5-3-6-14(9-13)20-10-12-8-11-4-1-2-7-15(11)12;/h1-7,9,12H,8,10H2;/q-1;+1. The van der Waals surface area contributed by atoms with Crippen LogP contribution in [0.4, 0.5) is 12.9 Å². The fourth-order valence-electron chi connectivity index (χ4n) is 2.52. The van der Waals surface area contributed by atoms with Crippen LogP contribution in [0.15, 0.2) is 48.5 Å². The summed E-state index contributed by atoms with van der Waals surface area (Å²) in [5, 5.41) is 0. The maximum absolute atomic E-state index is 12.6. The fraction of sp³-hybridized carbons (Fsp3) is 0.200. The Kier molecular flexibility index (Phi) is 5.60. The summed E-state index contributed by atoms with van der Waals surface area (Å²) in [6, 6.07) is 13.2. The molecule has 2 aromatic rings. The molecule has 2 aromatic carbocycles. The smallest absolute Gasteiger partial charge is 0.493 e. The van der Waals surface area contributed by atoms with Gasteiger partial charge in [0, 0.05) is 5.92 Å². The molecule has 1 aliphatic carbocycles. The molecule has 0 aromatic heterocycles. The van der Waals surface area contributed by atoms with Gasteiger partial charge in [0.05, 0.1) is 6.61 Å². The van der Waals surface area contributed by atoms with Gasteiger partial charge in [-0.3, -0.25) is 0 Å². The predicted octanol–water partition coefficient (Wildman–Crippen LogP) is 0.464. The molecule has 0 saturated carbocycles.